The molecule has 0 fully saturated rings. The van der Waals surface area contributed by atoms with E-state index in [0.717, 1.165) is 0 Å². The fraction of sp³-hybridized carbons (Fsp3) is 0.250. The molecular formula is C4H5KO2. The Hall–Kier alpha value is 0.846. The van der Waals surface area contributed by atoms with Gasteiger partial charge in [0.25, 0.3) is 0 Å². The molecule has 0 spiro atoms. The van der Waals surface area contributed by atoms with Crippen LogP contribution in [0.5, 0.6) is 0 Å². The summed E-state index contributed by atoms with van der Waals surface area (Å²) in [5.41, 5.74) is 0. The Balaban J connectivity index is 3.55. The summed E-state index contributed by atoms with van der Waals surface area (Å²) in [6.07, 6.45) is 1.47. The summed E-state index contributed by atoms with van der Waals surface area (Å²) < 4.78 is -0.229. The van der Waals surface area contributed by atoms with Crippen LogP contribution in [0.3, 0.4) is 0 Å². The van der Waals surface area contributed by atoms with E-state index in [4.69, 9.17) is 5.11 Å². The standard InChI is InChI=1S/C4H5O2.K/c1-2-3-4(5)6;/h2-3H,1H2,(H,5,6);. The van der Waals surface area contributed by atoms with Gasteiger partial charge < -0.3 is 0 Å². The molecule has 0 rings (SSSR count). The van der Waals surface area contributed by atoms with Gasteiger partial charge in [-0.05, 0) is 0 Å². The van der Waals surface area contributed by atoms with Crippen molar-refractivity contribution in [3.8, 4) is 0 Å². The summed E-state index contributed by atoms with van der Waals surface area (Å²) in [4.78, 5) is 9.91. The molecule has 3 heteroatoms. The fourth-order valence-corrected chi connectivity index (χ4v) is 0.101. The molecule has 1 N–H and O–H groups in total. The molecule has 0 aliphatic rings. The molecule has 0 amide bonds. The van der Waals surface area contributed by atoms with Crippen LogP contribution in [0.1, 0.15) is 0 Å². The van der Waals surface area contributed by atoms with E-state index in [9.17, 15) is 4.79 Å². The van der Waals surface area contributed by atoms with Crippen molar-refractivity contribution in [2.24, 2.45) is 0 Å². The molecule has 7 heavy (non-hydrogen) atoms. The third kappa shape index (κ3) is 3.43. The van der Waals surface area contributed by atoms with Gasteiger partial charge in [0, 0.05) is 0 Å². The van der Waals surface area contributed by atoms with Crippen LogP contribution in [0.4, 0.5) is 0 Å². The molecule has 0 bridgehead atoms. The molecule has 0 aliphatic carbocycles. The van der Waals surface area contributed by atoms with Crippen molar-refractivity contribution in [3.05, 3.63) is 12.7 Å². The molecule has 0 saturated heterocycles. The number of hydrogen-bond donors (Lipinski definition) is 1. The van der Waals surface area contributed by atoms with Gasteiger partial charge in [0.2, 0.25) is 0 Å². The molecule has 0 aromatic rings. The van der Waals surface area contributed by atoms with Gasteiger partial charge in [-0.2, -0.15) is 0 Å². The summed E-state index contributed by atoms with van der Waals surface area (Å²) in [6, 6.07) is 0. The zero-order valence-corrected chi connectivity index (χ0v) is 7.34. The van der Waals surface area contributed by atoms with E-state index in [1.807, 2.05) is 0 Å². The fourth-order valence-electron chi connectivity index (χ4n) is 0.101. The van der Waals surface area contributed by atoms with Crippen molar-refractivity contribution >= 4 is 54.9 Å². The number of carboxylic acid groups (broad SMARTS) is 1. The quantitative estimate of drug-likeness (QED) is 0.422. The number of carboxylic acids is 1. The van der Waals surface area contributed by atoms with Crippen molar-refractivity contribution in [2.45, 2.75) is 0.0125 Å². The average molecular weight is 124 g/mol. The second kappa shape index (κ2) is 3.80. The summed E-state index contributed by atoms with van der Waals surface area (Å²) in [6.45, 7) is 3.35. The van der Waals surface area contributed by atoms with Gasteiger partial charge in [-0.25, -0.2) is 0 Å². The summed E-state index contributed by atoms with van der Waals surface area (Å²) >= 11 is 0.334. The molecule has 0 heterocycles. The van der Waals surface area contributed by atoms with Crippen LogP contribution in [-0.2, 0) is 4.79 Å². The first-order chi connectivity index (χ1) is 3.18. The van der Waals surface area contributed by atoms with Crippen molar-refractivity contribution < 1.29 is 9.90 Å². The van der Waals surface area contributed by atoms with Crippen LogP contribution < -0.4 is 0 Å². The SMILES string of the molecule is C=C[CH]([K])C(=O)O. The maximum atomic E-state index is 9.91. The monoisotopic (exact) mass is 124 g/mol. The van der Waals surface area contributed by atoms with E-state index >= 15 is 0 Å². The molecule has 0 radical (unpaired) electrons. The van der Waals surface area contributed by atoms with Crippen LogP contribution in [0, 0.1) is 0 Å². The van der Waals surface area contributed by atoms with E-state index in [2.05, 4.69) is 6.58 Å². The van der Waals surface area contributed by atoms with Crippen LogP contribution >= 0.6 is 0 Å². The van der Waals surface area contributed by atoms with Gasteiger partial charge in [0.1, 0.15) is 0 Å². The Labute approximate surface area is 76.2 Å². The number of hydrogen-bond acceptors (Lipinski definition) is 1. The van der Waals surface area contributed by atoms with Gasteiger partial charge in [0.05, 0.1) is 0 Å². The zero-order valence-electron chi connectivity index (χ0n) is 4.22. The second-order valence-electron chi connectivity index (χ2n) is 1.36. The van der Waals surface area contributed by atoms with Gasteiger partial charge in [-0.1, -0.05) is 0 Å². The van der Waals surface area contributed by atoms with Crippen LogP contribution in [-0.4, -0.2) is 60.0 Å². The van der Waals surface area contributed by atoms with Gasteiger partial charge in [-0.15, -0.1) is 0 Å². The third-order valence-electron chi connectivity index (χ3n) is 0.743. The molecular weight excluding hydrogens is 119 g/mol. The van der Waals surface area contributed by atoms with E-state index in [-0.39, 0.29) is 0.0125 Å². The van der Waals surface area contributed by atoms with E-state index < -0.39 is 5.97 Å². The Kier molecular flexibility index (Phi) is 4.26. The van der Waals surface area contributed by atoms with Crippen molar-refractivity contribution in [3.63, 3.8) is 0 Å². The normalized spacial score (nSPS) is 12.9. The van der Waals surface area contributed by atoms with Crippen LogP contribution in [0.25, 0.3) is 0 Å². The first kappa shape index (κ1) is 7.85. The number of aliphatic carboxylic acids is 1. The summed E-state index contributed by atoms with van der Waals surface area (Å²) in [7, 11) is 0. The van der Waals surface area contributed by atoms with Crippen LogP contribution in [0.2, 0.25) is 0.0125 Å². The first-order valence-electron chi connectivity index (χ1n) is 2.04. The van der Waals surface area contributed by atoms with Gasteiger partial charge in [0.15, 0.2) is 0 Å². The topological polar surface area (TPSA) is 37.3 Å². The molecule has 0 aromatic carbocycles. The molecule has 34 valence electrons. The van der Waals surface area contributed by atoms with Crippen molar-refractivity contribution in [2.75, 3.05) is 0 Å². The zero-order chi connectivity index (χ0) is 5.86. The van der Waals surface area contributed by atoms with E-state index in [1.54, 1.807) is 0 Å². The molecule has 0 saturated carbocycles. The van der Waals surface area contributed by atoms with Crippen molar-refractivity contribution in [1.82, 2.24) is 0 Å². The third-order valence-corrected chi connectivity index (χ3v) is 2.25. The Morgan fingerprint density at radius 1 is 2.00 bits per heavy atom. The van der Waals surface area contributed by atoms with E-state index in [1.165, 1.54) is 6.08 Å². The average Bonchev–Trinajstić information content (AvgIpc) is 1.65. The Morgan fingerprint density at radius 2 is 2.43 bits per heavy atom. The molecule has 1 atom stereocenters. The van der Waals surface area contributed by atoms with Crippen molar-refractivity contribution in [1.29, 1.82) is 0 Å². The molecule has 0 aliphatic heterocycles. The molecule has 1 unspecified atom stereocenters. The number of carbonyl (C=O) groups is 1. The minimum atomic E-state index is -0.741. The van der Waals surface area contributed by atoms with Gasteiger partial charge >= 0.3 is 77.5 Å². The van der Waals surface area contributed by atoms with Crippen LogP contribution in [0.15, 0.2) is 12.7 Å². The predicted octanol–water partition coefficient (Wildman–Crippen LogP) is 0.214. The molecule has 2 nitrogen and oxygen atoms in total. The Morgan fingerprint density at radius 3 is 2.43 bits per heavy atom. The number of rotatable bonds is 2. The van der Waals surface area contributed by atoms with E-state index in [0.29, 0.717) is 49.0 Å². The summed E-state index contributed by atoms with van der Waals surface area (Å²) in [5.74, 6) is -0.741. The Bertz CT molecular complexity index is 89.7. The first-order valence-corrected chi connectivity index (χ1v) is 3.84. The maximum absolute atomic E-state index is 9.91. The summed E-state index contributed by atoms with van der Waals surface area (Å²) in [5, 5.41) is 8.16. The molecule has 0 aromatic heterocycles. The second-order valence-corrected chi connectivity index (χ2v) is 3.31. The predicted molar refractivity (Wildman–Crippen MR) is 27.3 cm³/mol. The minimum absolute atomic E-state index is 0.229. The van der Waals surface area contributed by atoms with Gasteiger partial charge in [-0.3, -0.25) is 0 Å².